The van der Waals surface area contributed by atoms with E-state index in [1.54, 1.807) is 0 Å². The Kier molecular flexibility index (Phi) is 2.06. The van der Waals surface area contributed by atoms with Gasteiger partial charge in [-0.25, -0.2) is 4.98 Å². The van der Waals surface area contributed by atoms with Gasteiger partial charge in [-0.2, -0.15) is 9.37 Å². The summed E-state index contributed by atoms with van der Waals surface area (Å²) in [5.41, 5.74) is 0. The summed E-state index contributed by atoms with van der Waals surface area (Å²) >= 11 is 0. The van der Waals surface area contributed by atoms with Gasteiger partial charge in [0.25, 0.3) is 0 Å². The van der Waals surface area contributed by atoms with Gasteiger partial charge in [0.1, 0.15) is 5.03 Å². The number of aromatic nitrogens is 2. The summed E-state index contributed by atoms with van der Waals surface area (Å²) in [4.78, 5) is 6.50. The zero-order chi connectivity index (χ0) is 7.56. The van der Waals surface area contributed by atoms with Crippen LogP contribution < -0.4 is 0 Å². The van der Waals surface area contributed by atoms with Crippen LogP contribution in [0.2, 0.25) is 0 Å². The summed E-state index contributed by atoms with van der Waals surface area (Å²) < 4.78 is 22.8. The molecule has 0 amide bonds. The highest BCUT2D eigenvalue weighted by Crippen LogP contribution is 1.97. The second kappa shape index (κ2) is 2.83. The summed E-state index contributed by atoms with van der Waals surface area (Å²) in [6.07, 6.45) is 1.83. The molecule has 1 rings (SSSR count). The molecule has 3 nitrogen and oxygen atoms in total. The van der Waals surface area contributed by atoms with E-state index in [1.807, 2.05) is 0 Å². The third-order valence-electron chi connectivity index (χ3n) is 0.895. The normalized spacial score (nSPS) is 13.0. The van der Waals surface area contributed by atoms with Crippen molar-refractivity contribution in [2.24, 2.45) is 0 Å². The average molecular weight is 160 g/mol. The lowest BCUT2D eigenvalue weighted by atomic mass is 10.7. The molecular formula is C5H5FN2OS. The highest BCUT2D eigenvalue weighted by Gasteiger charge is 1.99. The molecule has 10 heavy (non-hydrogen) atoms. The van der Waals surface area contributed by atoms with Gasteiger partial charge in [0.05, 0.1) is 10.8 Å². The molecule has 0 aromatic carbocycles. The highest BCUT2D eigenvalue weighted by molar-refractivity contribution is 7.84. The topological polar surface area (TPSA) is 42.9 Å². The second-order valence-electron chi connectivity index (χ2n) is 1.62. The van der Waals surface area contributed by atoms with E-state index in [4.69, 9.17) is 0 Å². The number of nitrogens with zero attached hydrogens (tertiary/aromatic N) is 2. The van der Waals surface area contributed by atoms with E-state index in [0.717, 1.165) is 0 Å². The molecule has 1 aromatic heterocycles. The zero-order valence-corrected chi connectivity index (χ0v) is 6.06. The van der Waals surface area contributed by atoms with E-state index in [1.165, 1.54) is 18.5 Å². The van der Waals surface area contributed by atoms with Crippen LogP contribution in [0, 0.1) is 6.08 Å². The Morgan fingerprint density at radius 3 is 2.80 bits per heavy atom. The van der Waals surface area contributed by atoms with Crippen molar-refractivity contribution in [3.8, 4) is 0 Å². The lowest BCUT2D eigenvalue weighted by Gasteiger charge is -1.91. The van der Waals surface area contributed by atoms with E-state index in [0.29, 0.717) is 0 Å². The molecule has 0 N–H and O–H groups in total. The predicted molar refractivity (Wildman–Crippen MR) is 34.3 cm³/mol. The van der Waals surface area contributed by atoms with Gasteiger partial charge in [-0.1, -0.05) is 0 Å². The first kappa shape index (κ1) is 7.27. The minimum absolute atomic E-state index is 0.215. The molecule has 0 saturated heterocycles. The summed E-state index contributed by atoms with van der Waals surface area (Å²) in [6.45, 7) is 0. The first-order valence-corrected chi connectivity index (χ1v) is 4.08. The highest BCUT2D eigenvalue weighted by atomic mass is 32.2. The molecule has 5 heteroatoms. The Labute approximate surface area is 59.8 Å². The van der Waals surface area contributed by atoms with Crippen LogP contribution in [0.1, 0.15) is 0 Å². The van der Waals surface area contributed by atoms with Crippen molar-refractivity contribution in [3.05, 3.63) is 18.3 Å². The Bertz CT molecular complexity index is 266. The van der Waals surface area contributed by atoms with Crippen LogP contribution in [0.3, 0.4) is 0 Å². The van der Waals surface area contributed by atoms with E-state index >= 15 is 0 Å². The second-order valence-corrected chi connectivity index (χ2v) is 2.94. The van der Waals surface area contributed by atoms with Crippen molar-refractivity contribution >= 4 is 10.8 Å². The molecule has 0 radical (unpaired) electrons. The van der Waals surface area contributed by atoms with Crippen LogP contribution in [0.5, 0.6) is 0 Å². The summed E-state index contributed by atoms with van der Waals surface area (Å²) in [7, 11) is -1.23. The van der Waals surface area contributed by atoms with E-state index in [-0.39, 0.29) is 5.03 Å². The van der Waals surface area contributed by atoms with E-state index in [2.05, 4.69) is 9.97 Å². The van der Waals surface area contributed by atoms with Crippen LogP contribution in [0.4, 0.5) is 4.39 Å². The molecule has 1 heterocycles. The van der Waals surface area contributed by atoms with Crippen LogP contribution >= 0.6 is 0 Å². The third kappa shape index (κ3) is 1.57. The van der Waals surface area contributed by atoms with Crippen molar-refractivity contribution in [1.29, 1.82) is 0 Å². The quantitative estimate of drug-likeness (QED) is 0.440. The number of halogens is 1. The third-order valence-corrected chi connectivity index (χ3v) is 1.71. The molecule has 0 bridgehead atoms. The minimum atomic E-state index is -1.23. The van der Waals surface area contributed by atoms with Gasteiger partial charge in [-0.15, -0.1) is 0 Å². The molecule has 1 aromatic rings. The van der Waals surface area contributed by atoms with E-state index in [9.17, 15) is 8.60 Å². The van der Waals surface area contributed by atoms with Crippen molar-refractivity contribution in [3.63, 3.8) is 0 Å². The van der Waals surface area contributed by atoms with Crippen LogP contribution in [0.15, 0.2) is 17.3 Å². The number of hydrogen-bond donors (Lipinski definition) is 0. The lowest BCUT2D eigenvalue weighted by molar-refractivity contribution is 0.525. The number of rotatable bonds is 1. The molecule has 0 fully saturated rings. The average Bonchev–Trinajstić information content (AvgIpc) is 1.88. The van der Waals surface area contributed by atoms with E-state index < -0.39 is 16.9 Å². The fraction of sp³-hybridized carbons (Fsp3) is 0.200. The summed E-state index contributed by atoms with van der Waals surface area (Å²) in [6, 6.07) is 1.42. The van der Waals surface area contributed by atoms with Crippen molar-refractivity contribution < 1.29 is 8.60 Å². The van der Waals surface area contributed by atoms with Crippen LogP contribution in [-0.4, -0.2) is 20.4 Å². The van der Waals surface area contributed by atoms with Gasteiger partial charge < -0.3 is 0 Å². The standard InChI is InChI=1S/C5H5FN2OS/c1-10(9)4-2-3-7-5(6)8-4/h2-3H,1H3. The van der Waals surface area contributed by atoms with Gasteiger partial charge in [0, 0.05) is 12.5 Å². The number of hydrogen-bond acceptors (Lipinski definition) is 3. The van der Waals surface area contributed by atoms with Gasteiger partial charge in [-0.3, -0.25) is 4.21 Å². The first-order chi connectivity index (χ1) is 4.70. The Morgan fingerprint density at radius 2 is 2.40 bits per heavy atom. The molecule has 0 aliphatic carbocycles. The Hall–Kier alpha value is -0.840. The summed E-state index contributed by atoms with van der Waals surface area (Å²) in [5, 5.41) is 0.215. The van der Waals surface area contributed by atoms with Crippen molar-refractivity contribution in [2.75, 3.05) is 6.26 Å². The zero-order valence-electron chi connectivity index (χ0n) is 5.24. The SMILES string of the molecule is CS(=O)c1ccnc(F)n1. The van der Waals surface area contributed by atoms with Crippen LogP contribution in [-0.2, 0) is 10.8 Å². The molecule has 0 aliphatic rings. The predicted octanol–water partition coefficient (Wildman–Crippen LogP) is 0.353. The maximum atomic E-state index is 12.2. The van der Waals surface area contributed by atoms with Gasteiger partial charge in [-0.05, 0) is 6.07 Å². The molecule has 0 saturated carbocycles. The van der Waals surface area contributed by atoms with Gasteiger partial charge in [0.2, 0.25) is 0 Å². The first-order valence-electron chi connectivity index (χ1n) is 2.52. The molecule has 1 unspecified atom stereocenters. The molecule has 54 valence electrons. The van der Waals surface area contributed by atoms with Gasteiger partial charge in [0.15, 0.2) is 0 Å². The Morgan fingerprint density at radius 1 is 1.70 bits per heavy atom. The Balaban J connectivity index is 3.07. The monoisotopic (exact) mass is 160 g/mol. The smallest absolute Gasteiger partial charge is 0.253 e. The fourth-order valence-corrected chi connectivity index (χ4v) is 0.936. The molecular weight excluding hydrogens is 155 g/mol. The maximum Gasteiger partial charge on any atom is 0.309 e. The fourth-order valence-electron chi connectivity index (χ4n) is 0.480. The van der Waals surface area contributed by atoms with Crippen molar-refractivity contribution in [2.45, 2.75) is 5.03 Å². The van der Waals surface area contributed by atoms with Gasteiger partial charge >= 0.3 is 6.08 Å². The molecule has 0 spiro atoms. The maximum absolute atomic E-state index is 12.2. The molecule has 0 aliphatic heterocycles. The lowest BCUT2D eigenvalue weighted by Crippen LogP contribution is -1.95. The van der Waals surface area contributed by atoms with Crippen LogP contribution in [0.25, 0.3) is 0 Å². The summed E-state index contributed by atoms with van der Waals surface area (Å²) in [5.74, 6) is 0. The molecule has 1 atom stereocenters. The minimum Gasteiger partial charge on any atom is -0.253 e. The largest absolute Gasteiger partial charge is 0.309 e. The van der Waals surface area contributed by atoms with Crippen molar-refractivity contribution in [1.82, 2.24) is 9.97 Å².